The molecule has 1 heterocycles. The smallest absolute Gasteiger partial charge is 0.158 e. The van der Waals surface area contributed by atoms with E-state index in [1.54, 1.807) is 18.0 Å². The number of nitrogens with zero attached hydrogens (tertiary/aromatic N) is 3. The highest BCUT2D eigenvalue weighted by molar-refractivity contribution is 8.13. The van der Waals surface area contributed by atoms with Crippen LogP contribution in [-0.4, -0.2) is 28.3 Å². The molecular formula is C13H16N4OS. The number of nitrogens with two attached hydrogens (primary N) is 1. The fraction of sp³-hybridized carbons (Fsp3) is 0.231. The van der Waals surface area contributed by atoms with Crippen molar-refractivity contribution in [3.05, 3.63) is 30.6 Å². The molecule has 2 rings (SSSR count). The van der Waals surface area contributed by atoms with Crippen LogP contribution >= 0.6 is 11.8 Å². The van der Waals surface area contributed by atoms with Gasteiger partial charge in [0.2, 0.25) is 0 Å². The molecule has 0 fully saturated rings. The number of aliphatic imine (C=N–C) groups is 1. The number of methoxy groups -OCH3 is 1. The lowest BCUT2D eigenvalue weighted by molar-refractivity contribution is 0.416. The summed E-state index contributed by atoms with van der Waals surface area (Å²) in [5.41, 5.74) is 8.47. The average Bonchev–Trinajstić information content (AvgIpc) is 2.84. The van der Waals surface area contributed by atoms with Crippen LogP contribution in [0.5, 0.6) is 5.75 Å². The molecular weight excluding hydrogens is 260 g/mol. The van der Waals surface area contributed by atoms with Crippen LogP contribution in [-0.2, 0) is 7.05 Å². The van der Waals surface area contributed by atoms with E-state index >= 15 is 0 Å². The van der Waals surface area contributed by atoms with Crippen molar-refractivity contribution < 1.29 is 4.74 Å². The third-order valence-corrected chi connectivity index (χ3v) is 3.16. The highest BCUT2D eigenvalue weighted by Gasteiger charge is 2.08. The Balaban J connectivity index is 2.42. The molecule has 5 nitrogen and oxygen atoms in total. The third-order valence-electron chi connectivity index (χ3n) is 2.65. The van der Waals surface area contributed by atoms with E-state index in [0.717, 1.165) is 22.6 Å². The van der Waals surface area contributed by atoms with E-state index in [9.17, 15) is 0 Å². The Morgan fingerprint density at radius 2 is 2.26 bits per heavy atom. The zero-order chi connectivity index (χ0) is 13.8. The summed E-state index contributed by atoms with van der Waals surface area (Å²) < 4.78 is 7.17. The molecule has 0 radical (unpaired) electrons. The van der Waals surface area contributed by atoms with E-state index in [-0.39, 0.29) is 0 Å². The number of aromatic nitrogens is 2. The zero-order valence-electron chi connectivity index (χ0n) is 11.1. The molecule has 0 atom stereocenters. The molecule has 0 unspecified atom stereocenters. The number of hydrogen-bond donors (Lipinski definition) is 1. The minimum absolute atomic E-state index is 0.524. The van der Waals surface area contributed by atoms with Crippen molar-refractivity contribution >= 4 is 22.6 Å². The van der Waals surface area contributed by atoms with E-state index in [1.807, 2.05) is 37.7 Å². The molecule has 0 aliphatic carbocycles. The Hall–Kier alpha value is -1.95. The number of hydrogen-bond acceptors (Lipinski definition) is 4. The van der Waals surface area contributed by atoms with Gasteiger partial charge in [0.25, 0.3) is 0 Å². The highest BCUT2D eigenvalue weighted by atomic mass is 32.2. The fourth-order valence-corrected chi connectivity index (χ4v) is 1.92. The second-order valence-corrected chi connectivity index (χ2v) is 4.77. The van der Waals surface area contributed by atoms with Gasteiger partial charge in [-0.2, -0.15) is 5.10 Å². The average molecular weight is 276 g/mol. The Kier molecular flexibility index (Phi) is 4.11. The SMILES string of the molecule is COc1cc(/N=C(/N)SC)ccc1-c1cnn(C)c1. The minimum atomic E-state index is 0.524. The van der Waals surface area contributed by atoms with Crippen molar-refractivity contribution in [1.82, 2.24) is 9.78 Å². The number of amidine groups is 1. The van der Waals surface area contributed by atoms with E-state index in [0.29, 0.717) is 5.17 Å². The maximum absolute atomic E-state index is 5.71. The van der Waals surface area contributed by atoms with Gasteiger partial charge in [-0.3, -0.25) is 4.68 Å². The molecule has 0 aliphatic heterocycles. The standard InChI is InChI=1S/C13H16N4OS/c1-17-8-9(7-15-17)11-5-4-10(6-12(11)18-2)16-13(14)19-3/h4-8H,1-3H3,(H2,14,16). The van der Waals surface area contributed by atoms with Crippen molar-refractivity contribution in [2.45, 2.75) is 0 Å². The summed E-state index contributed by atoms with van der Waals surface area (Å²) in [5.74, 6) is 0.753. The summed E-state index contributed by atoms with van der Waals surface area (Å²) in [7, 11) is 3.52. The fourth-order valence-electron chi connectivity index (χ4n) is 1.72. The van der Waals surface area contributed by atoms with Crippen LogP contribution in [0.15, 0.2) is 35.6 Å². The summed E-state index contributed by atoms with van der Waals surface area (Å²) in [6.07, 6.45) is 5.63. The zero-order valence-corrected chi connectivity index (χ0v) is 11.9. The van der Waals surface area contributed by atoms with Gasteiger partial charge in [0.05, 0.1) is 19.0 Å². The minimum Gasteiger partial charge on any atom is -0.496 e. The van der Waals surface area contributed by atoms with Gasteiger partial charge in [0, 0.05) is 30.4 Å². The maximum atomic E-state index is 5.71. The van der Waals surface area contributed by atoms with Crippen LogP contribution in [0, 0.1) is 0 Å². The van der Waals surface area contributed by atoms with Crippen molar-refractivity contribution in [3.63, 3.8) is 0 Å². The molecule has 0 aliphatic rings. The van der Waals surface area contributed by atoms with Crippen LogP contribution in [0.2, 0.25) is 0 Å². The lowest BCUT2D eigenvalue weighted by atomic mass is 10.1. The first-order valence-electron chi connectivity index (χ1n) is 5.69. The quantitative estimate of drug-likeness (QED) is 0.690. The molecule has 0 spiro atoms. The number of thioether (sulfide) groups is 1. The summed E-state index contributed by atoms with van der Waals surface area (Å²) >= 11 is 1.41. The molecule has 19 heavy (non-hydrogen) atoms. The molecule has 0 saturated heterocycles. The monoisotopic (exact) mass is 276 g/mol. The van der Waals surface area contributed by atoms with Gasteiger partial charge in [0.1, 0.15) is 5.75 Å². The molecule has 6 heteroatoms. The van der Waals surface area contributed by atoms with Crippen LogP contribution in [0.4, 0.5) is 5.69 Å². The van der Waals surface area contributed by atoms with E-state index in [2.05, 4.69) is 10.1 Å². The molecule has 1 aromatic heterocycles. The topological polar surface area (TPSA) is 65.4 Å². The van der Waals surface area contributed by atoms with Crippen molar-refractivity contribution in [1.29, 1.82) is 0 Å². The summed E-state index contributed by atoms with van der Waals surface area (Å²) in [6, 6.07) is 5.74. The van der Waals surface area contributed by atoms with Gasteiger partial charge in [0.15, 0.2) is 5.17 Å². The first-order chi connectivity index (χ1) is 9.13. The first kappa shape index (κ1) is 13.5. The Bertz CT molecular complexity index is 606. The van der Waals surface area contributed by atoms with E-state index in [4.69, 9.17) is 10.5 Å². The highest BCUT2D eigenvalue weighted by Crippen LogP contribution is 2.33. The number of ether oxygens (including phenoxy) is 1. The number of rotatable bonds is 3. The van der Waals surface area contributed by atoms with Gasteiger partial charge < -0.3 is 10.5 Å². The Labute approximate surface area is 116 Å². The van der Waals surface area contributed by atoms with E-state index in [1.165, 1.54) is 11.8 Å². The van der Waals surface area contributed by atoms with Gasteiger partial charge in [-0.05, 0) is 18.4 Å². The molecule has 2 aromatic rings. The maximum Gasteiger partial charge on any atom is 0.158 e. The summed E-state index contributed by atoms with van der Waals surface area (Å²) in [4.78, 5) is 4.28. The van der Waals surface area contributed by atoms with Crippen LogP contribution < -0.4 is 10.5 Å². The second-order valence-electron chi connectivity index (χ2n) is 3.94. The predicted molar refractivity (Wildman–Crippen MR) is 80.0 cm³/mol. The molecule has 2 N–H and O–H groups in total. The normalized spacial score (nSPS) is 11.6. The van der Waals surface area contributed by atoms with Crippen LogP contribution in [0.1, 0.15) is 0 Å². The first-order valence-corrected chi connectivity index (χ1v) is 6.91. The lowest BCUT2D eigenvalue weighted by Gasteiger charge is -2.07. The van der Waals surface area contributed by atoms with Gasteiger partial charge in [-0.15, -0.1) is 0 Å². The molecule has 0 amide bonds. The van der Waals surface area contributed by atoms with Crippen molar-refractivity contribution in [2.24, 2.45) is 17.8 Å². The molecule has 100 valence electrons. The second kappa shape index (κ2) is 5.79. The van der Waals surface area contributed by atoms with Crippen LogP contribution in [0.25, 0.3) is 11.1 Å². The molecule has 1 aromatic carbocycles. The summed E-state index contributed by atoms with van der Waals surface area (Å²) in [6.45, 7) is 0. The number of benzene rings is 1. The molecule has 0 saturated carbocycles. The van der Waals surface area contributed by atoms with Gasteiger partial charge in [-0.1, -0.05) is 11.8 Å². The lowest BCUT2D eigenvalue weighted by Crippen LogP contribution is -2.04. The van der Waals surface area contributed by atoms with Crippen molar-refractivity contribution in [3.8, 4) is 16.9 Å². The molecule has 0 bridgehead atoms. The number of aryl methyl sites for hydroxylation is 1. The third kappa shape index (κ3) is 3.08. The predicted octanol–water partition coefficient (Wildman–Crippen LogP) is 2.40. The largest absolute Gasteiger partial charge is 0.496 e. The van der Waals surface area contributed by atoms with Crippen molar-refractivity contribution in [2.75, 3.05) is 13.4 Å². The van der Waals surface area contributed by atoms with Gasteiger partial charge >= 0.3 is 0 Å². The summed E-state index contributed by atoms with van der Waals surface area (Å²) in [5, 5.41) is 4.69. The van der Waals surface area contributed by atoms with Crippen LogP contribution in [0.3, 0.4) is 0 Å². The van der Waals surface area contributed by atoms with E-state index < -0.39 is 0 Å². The Morgan fingerprint density at radius 3 is 2.84 bits per heavy atom. The van der Waals surface area contributed by atoms with Gasteiger partial charge in [-0.25, -0.2) is 4.99 Å². The Morgan fingerprint density at radius 1 is 1.47 bits per heavy atom.